The number of anilines is 1. The van der Waals surface area contributed by atoms with Gasteiger partial charge in [0.2, 0.25) is 0 Å². The van der Waals surface area contributed by atoms with Crippen LogP contribution in [0, 0.1) is 11.3 Å². The molecular formula is C12H14N2O. The third-order valence-corrected chi connectivity index (χ3v) is 2.76. The Morgan fingerprint density at radius 3 is 2.93 bits per heavy atom. The monoisotopic (exact) mass is 202 g/mol. The van der Waals surface area contributed by atoms with E-state index in [1.54, 1.807) is 0 Å². The lowest BCUT2D eigenvalue weighted by Gasteiger charge is -2.32. The van der Waals surface area contributed by atoms with Crippen LogP contribution in [0.5, 0.6) is 0 Å². The Balaban J connectivity index is 2.25. The first-order chi connectivity index (χ1) is 7.31. The van der Waals surface area contributed by atoms with Gasteiger partial charge in [-0.15, -0.1) is 0 Å². The lowest BCUT2D eigenvalue weighted by molar-refractivity contribution is 0.154. The van der Waals surface area contributed by atoms with Crippen molar-refractivity contribution in [2.24, 2.45) is 0 Å². The number of hydrogen-bond donors (Lipinski definition) is 1. The molecule has 0 aliphatic carbocycles. The fourth-order valence-electron chi connectivity index (χ4n) is 2.02. The maximum absolute atomic E-state index is 9.58. The smallest absolute Gasteiger partial charge is 0.101 e. The topological polar surface area (TPSA) is 47.3 Å². The van der Waals surface area contributed by atoms with Gasteiger partial charge in [0.05, 0.1) is 17.4 Å². The van der Waals surface area contributed by atoms with Crippen molar-refractivity contribution >= 4 is 5.69 Å². The Labute approximate surface area is 89.6 Å². The van der Waals surface area contributed by atoms with Crippen LogP contribution in [0.3, 0.4) is 0 Å². The number of β-amino-alcohol motifs (C(OH)–C–C–N with tert-alkyl or cyclic N) is 1. The molecule has 3 heteroatoms. The fraction of sp³-hybridized carbons (Fsp3) is 0.417. The molecule has 1 aliphatic heterocycles. The van der Waals surface area contributed by atoms with Crippen LogP contribution in [0.25, 0.3) is 0 Å². The molecular weight excluding hydrogens is 188 g/mol. The molecule has 0 amide bonds. The molecule has 1 heterocycles. The molecule has 0 aromatic heterocycles. The first-order valence-electron chi connectivity index (χ1n) is 5.23. The summed E-state index contributed by atoms with van der Waals surface area (Å²) in [5, 5.41) is 18.6. The van der Waals surface area contributed by atoms with Crippen LogP contribution in [0.2, 0.25) is 0 Å². The number of para-hydroxylation sites is 1. The average Bonchev–Trinajstić information content (AvgIpc) is 2.29. The standard InChI is InChI=1S/C12H14N2O/c13-8-10-4-1-2-6-12(10)14-7-3-5-11(15)9-14/h1-2,4,6,11,15H,3,5,7,9H2/t11-/m1/s1. The van der Waals surface area contributed by atoms with E-state index in [4.69, 9.17) is 5.26 Å². The maximum Gasteiger partial charge on any atom is 0.101 e. The van der Waals surface area contributed by atoms with Gasteiger partial charge in [-0.3, -0.25) is 0 Å². The van der Waals surface area contributed by atoms with Crippen LogP contribution >= 0.6 is 0 Å². The van der Waals surface area contributed by atoms with Gasteiger partial charge >= 0.3 is 0 Å². The average molecular weight is 202 g/mol. The summed E-state index contributed by atoms with van der Waals surface area (Å²) in [5.74, 6) is 0. The van der Waals surface area contributed by atoms with E-state index in [1.165, 1.54) is 0 Å². The Kier molecular flexibility index (Phi) is 2.89. The van der Waals surface area contributed by atoms with E-state index < -0.39 is 0 Å². The largest absolute Gasteiger partial charge is 0.391 e. The zero-order valence-corrected chi connectivity index (χ0v) is 8.56. The molecule has 1 atom stereocenters. The van der Waals surface area contributed by atoms with Crippen LogP contribution in [-0.2, 0) is 0 Å². The van der Waals surface area contributed by atoms with E-state index in [0.717, 1.165) is 25.1 Å². The lowest BCUT2D eigenvalue weighted by atomic mass is 10.1. The van der Waals surface area contributed by atoms with Crippen molar-refractivity contribution in [1.29, 1.82) is 5.26 Å². The van der Waals surface area contributed by atoms with Crippen molar-refractivity contribution in [2.75, 3.05) is 18.0 Å². The van der Waals surface area contributed by atoms with Crippen molar-refractivity contribution in [3.05, 3.63) is 29.8 Å². The molecule has 0 spiro atoms. The second-order valence-corrected chi connectivity index (χ2v) is 3.87. The molecule has 0 unspecified atom stereocenters. The van der Waals surface area contributed by atoms with E-state index in [2.05, 4.69) is 11.0 Å². The number of aliphatic hydroxyl groups is 1. The quantitative estimate of drug-likeness (QED) is 0.751. The lowest BCUT2D eigenvalue weighted by Crippen LogP contribution is -2.38. The number of nitrogens with zero attached hydrogens (tertiary/aromatic N) is 2. The summed E-state index contributed by atoms with van der Waals surface area (Å²) in [5.41, 5.74) is 1.63. The van der Waals surface area contributed by atoms with Gasteiger partial charge < -0.3 is 10.0 Å². The highest BCUT2D eigenvalue weighted by molar-refractivity contribution is 5.59. The number of rotatable bonds is 1. The molecule has 1 fully saturated rings. The highest BCUT2D eigenvalue weighted by Gasteiger charge is 2.19. The van der Waals surface area contributed by atoms with E-state index in [-0.39, 0.29) is 6.10 Å². The predicted molar refractivity (Wildman–Crippen MR) is 58.6 cm³/mol. The molecule has 0 saturated carbocycles. The summed E-state index contributed by atoms with van der Waals surface area (Å²) in [4.78, 5) is 2.09. The summed E-state index contributed by atoms with van der Waals surface area (Å²) in [7, 11) is 0. The van der Waals surface area contributed by atoms with Crippen molar-refractivity contribution < 1.29 is 5.11 Å². The second kappa shape index (κ2) is 4.33. The molecule has 1 saturated heterocycles. The number of nitriles is 1. The summed E-state index contributed by atoms with van der Waals surface area (Å²) in [6.07, 6.45) is 1.59. The third-order valence-electron chi connectivity index (χ3n) is 2.76. The summed E-state index contributed by atoms with van der Waals surface area (Å²) < 4.78 is 0. The zero-order valence-electron chi connectivity index (χ0n) is 8.56. The first-order valence-corrected chi connectivity index (χ1v) is 5.23. The molecule has 78 valence electrons. The number of hydrogen-bond acceptors (Lipinski definition) is 3. The second-order valence-electron chi connectivity index (χ2n) is 3.87. The number of aliphatic hydroxyl groups excluding tert-OH is 1. The molecule has 3 nitrogen and oxygen atoms in total. The normalized spacial score (nSPS) is 21.1. The minimum atomic E-state index is -0.259. The summed E-state index contributed by atoms with van der Waals surface area (Å²) >= 11 is 0. The van der Waals surface area contributed by atoms with Crippen molar-refractivity contribution in [3.63, 3.8) is 0 Å². The fourth-order valence-corrected chi connectivity index (χ4v) is 2.02. The van der Waals surface area contributed by atoms with Gasteiger partial charge in [-0.05, 0) is 25.0 Å². The van der Waals surface area contributed by atoms with Crippen LogP contribution in [0.4, 0.5) is 5.69 Å². The Hall–Kier alpha value is -1.53. The van der Waals surface area contributed by atoms with Gasteiger partial charge in [-0.1, -0.05) is 12.1 Å². The molecule has 0 bridgehead atoms. The molecule has 1 aromatic rings. The number of piperidine rings is 1. The van der Waals surface area contributed by atoms with Crippen LogP contribution < -0.4 is 4.90 Å². The van der Waals surface area contributed by atoms with E-state index >= 15 is 0 Å². The minimum Gasteiger partial charge on any atom is -0.391 e. The Morgan fingerprint density at radius 2 is 2.20 bits per heavy atom. The zero-order chi connectivity index (χ0) is 10.7. The van der Waals surface area contributed by atoms with Gasteiger partial charge in [0.15, 0.2) is 0 Å². The first kappa shape index (κ1) is 10.0. The maximum atomic E-state index is 9.58. The summed E-state index contributed by atoms with van der Waals surface area (Å²) in [6, 6.07) is 9.73. The highest BCUT2D eigenvalue weighted by atomic mass is 16.3. The Morgan fingerprint density at radius 1 is 1.40 bits per heavy atom. The molecule has 15 heavy (non-hydrogen) atoms. The molecule has 1 aliphatic rings. The van der Waals surface area contributed by atoms with Crippen LogP contribution in [0.1, 0.15) is 18.4 Å². The SMILES string of the molecule is N#Cc1ccccc1N1CCC[C@@H](O)C1. The number of benzene rings is 1. The Bertz CT molecular complexity index is 383. The molecule has 0 radical (unpaired) electrons. The summed E-state index contributed by atoms with van der Waals surface area (Å²) in [6.45, 7) is 1.56. The van der Waals surface area contributed by atoms with E-state index in [0.29, 0.717) is 12.1 Å². The molecule has 1 aromatic carbocycles. The van der Waals surface area contributed by atoms with Crippen LogP contribution in [0.15, 0.2) is 24.3 Å². The van der Waals surface area contributed by atoms with Crippen LogP contribution in [-0.4, -0.2) is 24.3 Å². The molecule has 1 N–H and O–H groups in total. The van der Waals surface area contributed by atoms with Crippen molar-refractivity contribution in [2.45, 2.75) is 18.9 Å². The van der Waals surface area contributed by atoms with Crippen molar-refractivity contribution in [1.82, 2.24) is 0 Å². The highest BCUT2D eigenvalue weighted by Crippen LogP contribution is 2.23. The van der Waals surface area contributed by atoms with Gasteiger partial charge in [-0.25, -0.2) is 0 Å². The van der Waals surface area contributed by atoms with E-state index in [1.807, 2.05) is 24.3 Å². The molecule has 2 rings (SSSR count). The minimum absolute atomic E-state index is 0.259. The van der Waals surface area contributed by atoms with Gasteiger partial charge in [0.1, 0.15) is 6.07 Å². The van der Waals surface area contributed by atoms with Gasteiger partial charge in [-0.2, -0.15) is 5.26 Å². The van der Waals surface area contributed by atoms with Gasteiger partial charge in [0, 0.05) is 13.1 Å². The van der Waals surface area contributed by atoms with E-state index in [9.17, 15) is 5.11 Å². The third kappa shape index (κ3) is 2.11. The van der Waals surface area contributed by atoms with Gasteiger partial charge in [0.25, 0.3) is 0 Å². The predicted octanol–water partition coefficient (Wildman–Crippen LogP) is 1.52. The van der Waals surface area contributed by atoms with Crippen molar-refractivity contribution in [3.8, 4) is 6.07 Å².